The SMILES string of the molecule is CCOc1ccc(C2C(=C(O)c3c(C)nc4ccccn34)C(=O)C(=O)N2CCN(CC)CC)cc1OCC. The molecular formula is C29H36N4O5. The lowest BCUT2D eigenvalue weighted by Gasteiger charge is -2.28. The predicted molar refractivity (Wildman–Crippen MR) is 146 cm³/mol. The van der Waals surface area contributed by atoms with E-state index in [4.69, 9.17) is 9.47 Å². The zero-order valence-electron chi connectivity index (χ0n) is 22.7. The average Bonchev–Trinajstić information content (AvgIpc) is 3.38. The van der Waals surface area contributed by atoms with Gasteiger partial charge in [-0.15, -0.1) is 0 Å². The van der Waals surface area contributed by atoms with Crippen LogP contribution >= 0.6 is 0 Å². The highest BCUT2D eigenvalue weighted by Crippen LogP contribution is 2.42. The van der Waals surface area contributed by atoms with Crippen LogP contribution in [0.2, 0.25) is 0 Å². The van der Waals surface area contributed by atoms with Crippen LogP contribution in [-0.2, 0) is 9.59 Å². The van der Waals surface area contributed by atoms with Gasteiger partial charge in [-0.05, 0) is 63.7 Å². The summed E-state index contributed by atoms with van der Waals surface area (Å²) in [4.78, 5) is 35.2. The Morgan fingerprint density at radius 2 is 1.74 bits per heavy atom. The molecule has 2 aromatic heterocycles. The Morgan fingerprint density at radius 1 is 1.03 bits per heavy atom. The maximum atomic E-state index is 13.5. The van der Waals surface area contributed by atoms with Crippen molar-refractivity contribution in [2.24, 2.45) is 0 Å². The second-order valence-corrected chi connectivity index (χ2v) is 9.07. The fourth-order valence-electron chi connectivity index (χ4n) is 5.01. The molecule has 1 atom stereocenters. The van der Waals surface area contributed by atoms with Crippen LogP contribution in [0.25, 0.3) is 11.4 Å². The number of carbonyl (C=O) groups excluding carboxylic acids is 2. The van der Waals surface area contributed by atoms with Crippen LogP contribution in [0.5, 0.6) is 11.5 Å². The number of aliphatic hydroxyl groups excluding tert-OH is 1. The number of hydrogen-bond acceptors (Lipinski definition) is 7. The first-order valence-corrected chi connectivity index (χ1v) is 13.2. The maximum Gasteiger partial charge on any atom is 0.295 e. The molecule has 0 bridgehead atoms. The van der Waals surface area contributed by atoms with Gasteiger partial charge in [0, 0.05) is 19.3 Å². The van der Waals surface area contributed by atoms with Crippen LogP contribution in [-0.4, -0.2) is 75.4 Å². The van der Waals surface area contributed by atoms with Crippen LogP contribution in [0.15, 0.2) is 48.2 Å². The number of nitrogens with zero attached hydrogens (tertiary/aromatic N) is 4. The molecule has 1 N–H and O–H groups in total. The van der Waals surface area contributed by atoms with E-state index in [-0.39, 0.29) is 11.3 Å². The molecule has 202 valence electrons. The minimum absolute atomic E-state index is 0.0370. The van der Waals surface area contributed by atoms with E-state index in [0.29, 0.717) is 60.4 Å². The molecule has 1 amide bonds. The van der Waals surface area contributed by atoms with Crippen LogP contribution in [0.1, 0.15) is 50.7 Å². The number of Topliss-reactive ketones (excluding diaryl/α,β-unsaturated/α-hetero) is 1. The number of amides is 1. The second-order valence-electron chi connectivity index (χ2n) is 9.07. The summed E-state index contributed by atoms with van der Waals surface area (Å²) in [5, 5.41) is 11.7. The molecule has 4 rings (SSSR count). The Balaban J connectivity index is 1.90. The third kappa shape index (κ3) is 4.98. The number of hydrogen-bond donors (Lipinski definition) is 1. The number of aryl methyl sites for hydroxylation is 1. The van der Waals surface area contributed by atoms with Gasteiger partial charge in [0.1, 0.15) is 11.3 Å². The van der Waals surface area contributed by atoms with Crippen molar-refractivity contribution < 1.29 is 24.2 Å². The molecule has 3 heterocycles. The summed E-state index contributed by atoms with van der Waals surface area (Å²) in [5.74, 6) is -0.504. The molecule has 0 radical (unpaired) electrons. The fourth-order valence-corrected chi connectivity index (χ4v) is 5.01. The number of likely N-dealkylation sites (N-methyl/N-ethyl adjacent to an activating group) is 1. The van der Waals surface area contributed by atoms with Gasteiger partial charge in [0.2, 0.25) is 0 Å². The van der Waals surface area contributed by atoms with E-state index in [0.717, 1.165) is 13.1 Å². The average molecular weight is 521 g/mol. The van der Waals surface area contributed by atoms with Crippen molar-refractivity contribution in [3.63, 3.8) is 0 Å². The van der Waals surface area contributed by atoms with E-state index < -0.39 is 17.7 Å². The lowest BCUT2D eigenvalue weighted by molar-refractivity contribution is -0.140. The van der Waals surface area contributed by atoms with Gasteiger partial charge in [-0.2, -0.15) is 0 Å². The molecular weight excluding hydrogens is 484 g/mol. The van der Waals surface area contributed by atoms with Gasteiger partial charge in [0.25, 0.3) is 11.7 Å². The van der Waals surface area contributed by atoms with Gasteiger partial charge in [0.05, 0.1) is 30.5 Å². The van der Waals surface area contributed by atoms with Crippen molar-refractivity contribution in [2.75, 3.05) is 39.4 Å². The zero-order chi connectivity index (χ0) is 27.4. The normalized spacial score (nSPS) is 17.1. The van der Waals surface area contributed by atoms with Crippen LogP contribution < -0.4 is 9.47 Å². The number of fused-ring (bicyclic) bond motifs is 1. The molecule has 0 aliphatic carbocycles. The van der Waals surface area contributed by atoms with Crippen molar-refractivity contribution in [2.45, 2.75) is 40.7 Å². The second kappa shape index (κ2) is 11.7. The molecule has 1 aliphatic heterocycles. The van der Waals surface area contributed by atoms with Gasteiger partial charge in [-0.1, -0.05) is 26.0 Å². The van der Waals surface area contributed by atoms with Crippen molar-refractivity contribution in [1.82, 2.24) is 19.2 Å². The highest BCUT2D eigenvalue weighted by atomic mass is 16.5. The standard InChI is InChI=1S/C29H36N4O5/c1-6-31(7-2)16-17-33-26(20-13-14-21(37-8-3)22(18-20)38-9-4)24(28(35)29(33)36)27(34)25-19(5)30-23-12-10-11-15-32(23)25/h10-15,18,26,34H,6-9,16-17H2,1-5H3. The van der Waals surface area contributed by atoms with Gasteiger partial charge in [-0.25, -0.2) is 4.98 Å². The molecule has 9 nitrogen and oxygen atoms in total. The topological polar surface area (TPSA) is 96.6 Å². The largest absolute Gasteiger partial charge is 0.505 e. The highest BCUT2D eigenvalue weighted by molar-refractivity contribution is 6.46. The fraction of sp³-hybridized carbons (Fsp3) is 0.414. The summed E-state index contributed by atoms with van der Waals surface area (Å²) in [6.45, 7) is 13.1. The van der Waals surface area contributed by atoms with Crippen molar-refractivity contribution in [3.8, 4) is 11.5 Å². The summed E-state index contributed by atoms with van der Waals surface area (Å²) in [5.41, 5.74) is 2.28. The number of ketones is 1. The summed E-state index contributed by atoms with van der Waals surface area (Å²) in [6.07, 6.45) is 1.78. The smallest absolute Gasteiger partial charge is 0.295 e. The van der Waals surface area contributed by atoms with E-state index in [1.807, 2.05) is 38.1 Å². The Bertz CT molecular complexity index is 1360. The van der Waals surface area contributed by atoms with Crippen LogP contribution in [0.3, 0.4) is 0 Å². The van der Waals surface area contributed by atoms with E-state index in [1.165, 1.54) is 0 Å². The van der Waals surface area contributed by atoms with E-state index in [9.17, 15) is 14.7 Å². The third-order valence-electron chi connectivity index (χ3n) is 6.90. The zero-order valence-corrected chi connectivity index (χ0v) is 22.7. The van der Waals surface area contributed by atoms with E-state index in [1.54, 1.807) is 34.6 Å². The minimum Gasteiger partial charge on any atom is -0.505 e. The lowest BCUT2D eigenvalue weighted by atomic mass is 9.96. The first-order chi connectivity index (χ1) is 18.4. The molecule has 38 heavy (non-hydrogen) atoms. The first kappa shape index (κ1) is 27.2. The number of ether oxygens (including phenoxy) is 2. The monoisotopic (exact) mass is 520 g/mol. The molecule has 0 spiro atoms. The van der Waals surface area contributed by atoms with E-state index >= 15 is 0 Å². The summed E-state index contributed by atoms with van der Waals surface area (Å²) < 4.78 is 13.3. The number of carbonyl (C=O) groups is 2. The first-order valence-electron chi connectivity index (χ1n) is 13.2. The van der Waals surface area contributed by atoms with Crippen molar-refractivity contribution in [3.05, 3.63) is 65.1 Å². The number of benzene rings is 1. The van der Waals surface area contributed by atoms with E-state index in [2.05, 4.69) is 23.7 Å². The third-order valence-corrected chi connectivity index (χ3v) is 6.90. The van der Waals surface area contributed by atoms with Gasteiger partial charge in [0.15, 0.2) is 17.3 Å². The highest BCUT2D eigenvalue weighted by Gasteiger charge is 2.46. The van der Waals surface area contributed by atoms with Crippen LogP contribution in [0, 0.1) is 6.92 Å². The predicted octanol–water partition coefficient (Wildman–Crippen LogP) is 4.20. The number of aromatic nitrogens is 2. The van der Waals surface area contributed by atoms with Gasteiger partial charge in [-0.3, -0.25) is 14.0 Å². The number of aliphatic hydroxyl groups is 1. The Kier molecular flexibility index (Phi) is 8.36. The van der Waals surface area contributed by atoms with Gasteiger partial charge >= 0.3 is 0 Å². The van der Waals surface area contributed by atoms with Crippen molar-refractivity contribution in [1.29, 1.82) is 0 Å². The van der Waals surface area contributed by atoms with Gasteiger partial charge < -0.3 is 24.4 Å². The Morgan fingerprint density at radius 3 is 2.42 bits per heavy atom. The van der Waals surface area contributed by atoms with Crippen LogP contribution in [0.4, 0.5) is 0 Å². The molecule has 1 aromatic carbocycles. The number of imidazole rings is 1. The summed E-state index contributed by atoms with van der Waals surface area (Å²) in [6, 6.07) is 10.1. The molecule has 1 aliphatic rings. The molecule has 0 saturated carbocycles. The molecule has 1 fully saturated rings. The molecule has 9 heteroatoms. The molecule has 3 aromatic rings. The lowest BCUT2D eigenvalue weighted by Crippen LogP contribution is -2.38. The minimum atomic E-state index is -0.797. The summed E-state index contributed by atoms with van der Waals surface area (Å²) in [7, 11) is 0. The molecule has 1 unspecified atom stereocenters. The number of rotatable bonds is 11. The quantitative estimate of drug-likeness (QED) is 0.230. The summed E-state index contributed by atoms with van der Waals surface area (Å²) >= 11 is 0. The number of likely N-dealkylation sites (tertiary alicyclic amines) is 1. The number of pyridine rings is 1. The Hall–Kier alpha value is -3.85. The Labute approximate surface area is 223 Å². The van der Waals surface area contributed by atoms with Crippen molar-refractivity contribution >= 4 is 23.1 Å². The molecule has 1 saturated heterocycles. The maximum absolute atomic E-state index is 13.5.